The molecule has 1 unspecified atom stereocenters. The minimum atomic E-state index is 0.106. The van der Waals surface area contributed by atoms with Gasteiger partial charge in [0.15, 0.2) is 0 Å². The molecular formula is C18H22ClNO. The molecule has 2 aromatic carbocycles. The van der Waals surface area contributed by atoms with E-state index in [1.54, 1.807) is 0 Å². The molecular weight excluding hydrogens is 282 g/mol. The first kappa shape index (κ1) is 15.9. The highest BCUT2D eigenvalue weighted by molar-refractivity contribution is 6.31. The monoisotopic (exact) mass is 303 g/mol. The first-order valence-electron chi connectivity index (χ1n) is 7.46. The molecule has 2 rings (SSSR count). The van der Waals surface area contributed by atoms with Gasteiger partial charge in [0.1, 0.15) is 5.75 Å². The quantitative estimate of drug-likeness (QED) is 0.791. The molecule has 0 aliphatic heterocycles. The maximum atomic E-state index is 6.36. The average molecular weight is 304 g/mol. The number of hydrogen-bond donors (Lipinski definition) is 1. The van der Waals surface area contributed by atoms with Crippen LogP contribution in [0.4, 0.5) is 0 Å². The Hall–Kier alpha value is -1.51. The highest BCUT2D eigenvalue weighted by Gasteiger charge is 2.15. The topological polar surface area (TPSA) is 21.3 Å². The van der Waals surface area contributed by atoms with E-state index in [0.29, 0.717) is 6.61 Å². The molecule has 0 bridgehead atoms. The Balaban J connectivity index is 2.29. The number of benzene rings is 2. The molecule has 0 amide bonds. The fourth-order valence-electron chi connectivity index (χ4n) is 2.33. The number of hydrogen-bond acceptors (Lipinski definition) is 2. The average Bonchev–Trinajstić information content (AvgIpc) is 2.51. The summed E-state index contributed by atoms with van der Waals surface area (Å²) < 4.78 is 5.50. The minimum absolute atomic E-state index is 0.106. The lowest BCUT2D eigenvalue weighted by Crippen LogP contribution is -2.23. The van der Waals surface area contributed by atoms with Crippen LogP contribution in [0.2, 0.25) is 5.02 Å². The van der Waals surface area contributed by atoms with Crippen molar-refractivity contribution in [1.82, 2.24) is 5.32 Å². The van der Waals surface area contributed by atoms with E-state index < -0.39 is 0 Å². The van der Waals surface area contributed by atoms with Crippen molar-refractivity contribution in [3.05, 3.63) is 64.7 Å². The number of ether oxygens (including phenoxy) is 1. The van der Waals surface area contributed by atoms with Crippen LogP contribution in [-0.4, -0.2) is 13.2 Å². The zero-order valence-corrected chi connectivity index (χ0v) is 13.4. The van der Waals surface area contributed by atoms with Crippen molar-refractivity contribution in [3.63, 3.8) is 0 Å². The van der Waals surface area contributed by atoms with E-state index in [2.05, 4.69) is 30.4 Å². The number of rotatable bonds is 7. The standard InChI is InChI=1S/C18H22ClNO/c1-3-13-20-18(16-7-5-6-8-17(16)19)14-9-11-15(12-10-14)21-4-2/h5-12,18,20H,3-4,13H2,1-2H3. The Morgan fingerprint density at radius 1 is 1.05 bits per heavy atom. The molecule has 0 aromatic heterocycles. The first-order chi connectivity index (χ1) is 10.3. The lowest BCUT2D eigenvalue weighted by Gasteiger charge is -2.21. The second-order valence-electron chi connectivity index (χ2n) is 4.91. The van der Waals surface area contributed by atoms with Crippen LogP contribution in [-0.2, 0) is 0 Å². The molecule has 3 heteroatoms. The van der Waals surface area contributed by atoms with E-state index in [0.717, 1.165) is 29.3 Å². The van der Waals surface area contributed by atoms with Crippen LogP contribution in [0.15, 0.2) is 48.5 Å². The van der Waals surface area contributed by atoms with Gasteiger partial charge in [0.2, 0.25) is 0 Å². The lowest BCUT2D eigenvalue weighted by molar-refractivity contribution is 0.340. The zero-order chi connectivity index (χ0) is 15.1. The summed E-state index contributed by atoms with van der Waals surface area (Å²) in [6.07, 6.45) is 1.08. The minimum Gasteiger partial charge on any atom is -0.494 e. The van der Waals surface area contributed by atoms with Crippen LogP contribution in [0.1, 0.15) is 37.4 Å². The molecule has 2 nitrogen and oxygen atoms in total. The van der Waals surface area contributed by atoms with E-state index in [1.807, 2.05) is 37.3 Å². The van der Waals surface area contributed by atoms with Crippen LogP contribution in [0.25, 0.3) is 0 Å². The van der Waals surface area contributed by atoms with E-state index in [4.69, 9.17) is 16.3 Å². The van der Waals surface area contributed by atoms with Crippen molar-refractivity contribution < 1.29 is 4.74 Å². The largest absolute Gasteiger partial charge is 0.494 e. The Morgan fingerprint density at radius 3 is 2.38 bits per heavy atom. The van der Waals surface area contributed by atoms with E-state index >= 15 is 0 Å². The smallest absolute Gasteiger partial charge is 0.119 e. The molecule has 0 saturated heterocycles. The van der Waals surface area contributed by atoms with Gasteiger partial charge < -0.3 is 10.1 Å². The normalized spacial score (nSPS) is 12.1. The van der Waals surface area contributed by atoms with Crippen molar-refractivity contribution in [3.8, 4) is 5.75 Å². The van der Waals surface area contributed by atoms with Crippen molar-refractivity contribution in [2.45, 2.75) is 26.3 Å². The molecule has 0 fully saturated rings. The third-order valence-corrected chi connectivity index (χ3v) is 3.68. The molecule has 112 valence electrons. The van der Waals surface area contributed by atoms with Crippen LogP contribution in [0.3, 0.4) is 0 Å². The summed E-state index contributed by atoms with van der Waals surface area (Å²) in [6.45, 7) is 5.78. The Kier molecular flexibility index (Phi) is 6.09. The third kappa shape index (κ3) is 4.23. The SMILES string of the molecule is CCCNC(c1ccc(OCC)cc1)c1ccccc1Cl. The fourth-order valence-corrected chi connectivity index (χ4v) is 2.57. The maximum absolute atomic E-state index is 6.36. The summed E-state index contributed by atoms with van der Waals surface area (Å²) in [4.78, 5) is 0. The Labute approximate surface area is 132 Å². The van der Waals surface area contributed by atoms with Gasteiger partial charge in [-0.2, -0.15) is 0 Å². The van der Waals surface area contributed by atoms with Crippen molar-refractivity contribution in [2.75, 3.05) is 13.2 Å². The molecule has 0 spiro atoms. The van der Waals surface area contributed by atoms with Crippen LogP contribution in [0, 0.1) is 0 Å². The molecule has 1 atom stereocenters. The highest BCUT2D eigenvalue weighted by Crippen LogP contribution is 2.29. The predicted molar refractivity (Wildman–Crippen MR) is 89.2 cm³/mol. The molecule has 2 aromatic rings. The van der Waals surface area contributed by atoms with Crippen LogP contribution in [0.5, 0.6) is 5.75 Å². The summed E-state index contributed by atoms with van der Waals surface area (Å²) in [7, 11) is 0. The third-order valence-electron chi connectivity index (χ3n) is 3.34. The highest BCUT2D eigenvalue weighted by atomic mass is 35.5. The summed E-state index contributed by atoms with van der Waals surface area (Å²) >= 11 is 6.36. The number of halogens is 1. The first-order valence-corrected chi connectivity index (χ1v) is 7.84. The van der Waals surface area contributed by atoms with Crippen LogP contribution < -0.4 is 10.1 Å². The van der Waals surface area contributed by atoms with Gasteiger partial charge in [0.05, 0.1) is 12.6 Å². The van der Waals surface area contributed by atoms with Gasteiger partial charge >= 0.3 is 0 Å². The van der Waals surface area contributed by atoms with Gasteiger partial charge in [-0.3, -0.25) is 0 Å². The summed E-state index contributed by atoms with van der Waals surface area (Å²) in [5.41, 5.74) is 2.30. The summed E-state index contributed by atoms with van der Waals surface area (Å²) in [5.74, 6) is 0.898. The molecule has 1 N–H and O–H groups in total. The van der Waals surface area contributed by atoms with Gasteiger partial charge in [0, 0.05) is 5.02 Å². The van der Waals surface area contributed by atoms with Gasteiger partial charge in [-0.1, -0.05) is 48.9 Å². The fraction of sp³-hybridized carbons (Fsp3) is 0.333. The Morgan fingerprint density at radius 2 is 1.76 bits per heavy atom. The number of nitrogens with one attached hydrogen (secondary N) is 1. The molecule has 0 aliphatic carbocycles. The molecule has 0 aliphatic rings. The van der Waals surface area contributed by atoms with Crippen molar-refractivity contribution in [2.24, 2.45) is 0 Å². The Bertz CT molecular complexity index is 553. The zero-order valence-electron chi connectivity index (χ0n) is 12.6. The van der Waals surface area contributed by atoms with Gasteiger partial charge in [-0.15, -0.1) is 0 Å². The molecule has 0 heterocycles. The van der Waals surface area contributed by atoms with Crippen molar-refractivity contribution in [1.29, 1.82) is 0 Å². The van der Waals surface area contributed by atoms with Gasteiger partial charge in [-0.05, 0) is 49.2 Å². The van der Waals surface area contributed by atoms with E-state index in [1.165, 1.54) is 5.56 Å². The maximum Gasteiger partial charge on any atom is 0.119 e. The summed E-state index contributed by atoms with van der Waals surface area (Å²) in [5, 5.41) is 4.36. The van der Waals surface area contributed by atoms with Crippen LogP contribution >= 0.6 is 11.6 Å². The predicted octanol–water partition coefficient (Wildman–Crippen LogP) is 4.83. The lowest BCUT2D eigenvalue weighted by atomic mass is 9.98. The van der Waals surface area contributed by atoms with Gasteiger partial charge in [0.25, 0.3) is 0 Å². The van der Waals surface area contributed by atoms with Gasteiger partial charge in [-0.25, -0.2) is 0 Å². The molecule has 0 radical (unpaired) electrons. The summed E-state index contributed by atoms with van der Waals surface area (Å²) in [6, 6.07) is 16.3. The molecule has 21 heavy (non-hydrogen) atoms. The van der Waals surface area contributed by atoms with Crippen molar-refractivity contribution >= 4 is 11.6 Å². The second kappa shape index (κ2) is 8.06. The van der Waals surface area contributed by atoms with E-state index in [-0.39, 0.29) is 6.04 Å². The van der Waals surface area contributed by atoms with E-state index in [9.17, 15) is 0 Å². The molecule has 0 saturated carbocycles. The second-order valence-corrected chi connectivity index (χ2v) is 5.32.